The molecule has 0 aliphatic carbocycles. The Morgan fingerprint density at radius 3 is 2.80 bits per heavy atom. The van der Waals surface area contributed by atoms with Gasteiger partial charge in [0, 0.05) is 17.8 Å². The number of carbonyl (C=O) groups excluding carboxylic acids is 1. The van der Waals surface area contributed by atoms with E-state index < -0.39 is 0 Å². The van der Waals surface area contributed by atoms with E-state index in [1.165, 1.54) is 0 Å². The summed E-state index contributed by atoms with van der Waals surface area (Å²) in [5.41, 5.74) is 1.57. The summed E-state index contributed by atoms with van der Waals surface area (Å²) in [6.07, 6.45) is 1.78. The highest BCUT2D eigenvalue weighted by molar-refractivity contribution is 5.92. The summed E-state index contributed by atoms with van der Waals surface area (Å²) in [5, 5.41) is 18.4. The molecule has 126 valence electrons. The molecule has 0 spiro atoms. The molecule has 10 nitrogen and oxygen atoms in total. The topological polar surface area (TPSA) is 124 Å². The number of hydrogen-bond donors (Lipinski definition) is 1. The SMILES string of the molecule is Cc1noc(-c2ccn3c(CNC(=O)c4cc(C)on4)nnc3c2)n1. The molecule has 0 fully saturated rings. The van der Waals surface area contributed by atoms with Gasteiger partial charge in [0.25, 0.3) is 11.8 Å². The molecule has 0 saturated carbocycles. The molecule has 0 unspecified atom stereocenters. The number of aromatic nitrogens is 6. The van der Waals surface area contributed by atoms with Crippen LogP contribution in [0, 0.1) is 13.8 Å². The maximum Gasteiger partial charge on any atom is 0.273 e. The van der Waals surface area contributed by atoms with Crippen molar-refractivity contribution >= 4 is 11.6 Å². The summed E-state index contributed by atoms with van der Waals surface area (Å²) in [6.45, 7) is 3.67. The average molecular weight is 339 g/mol. The predicted molar refractivity (Wildman–Crippen MR) is 83.4 cm³/mol. The van der Waals surface area contributed by atoms with Crippen molar-refractivity contribution in [3.05, 3.63) is 47.5 Å². The number of fused-ring (bicyclic) bond motifs is 1. The van der Waals surface area contributed by atoms with Crippen molar-refractivity contribution in [3.8, 4) is 11.5 Å². The van der Waals surface area contributed by atoms with Crippen LogP contribution < -0.4 is 5.32 Å². The highest BCUT2D eigenvalue weighted by Gasteiger charge is 2.14. The summed E-state index contributed by atoms with van der Waals surface area (Å²) >= 11 is 0. The van der Waals surface area contributed by atoms with Gasteiger partial charge in [-0.15, -0.1) is 10.2 Å². The van der Waals surface area contributed by atoms with Crippen LogP contribution in [-0.2, 0) is 6.54 Å². The van der Waals surface area contributed by atoms with Gasteiger partial charge in [-0.05, 0) is 26.0 Å². The first-order valence-electron chi connectivity index (χ1n) is 7.46. The maximum atomic E-state index is 12.0. The van der Waals surface area contributed by atoms with Crippen LogP contribution in [0.3, 0.4) is 0 Å². The van der Waals surface area contributed by atoms with E-state index in [-0.39, 0.29) is 18.1 Å². The number of nitrogens with one attached hydrogen (secondary N) is 1. The van der Waals surface area contributed by atoms with Crippen LogP contribution in [0.1, 0.15) is 27.9 Å². The van der Waals surface area contributed by atoms with Crippen LogP contribution in [0.2, 0.25) is 0 Å². The Hall–Kier alpha value is -3.56. The molecule has 0 radical (unpaired) electrons. The van der Waals surface area contributed by atoms with E-state index in [2.05, 4.69) is 30.8 Å². The molecule has 0 bridgehead atoms. The number of nitrogens with zero attached hydrogens (tertiary/aromatic N) is 6. The van der Waals surface area contributed by atoms with E-state index in [4.69, 9.17) is 9.05 Å². The molecule has 4 rings (SSSR count). The van der Waals surface area contributed by atoms with E-state index in [0.717, 1.165) is 5.56 Å². The normalized spacial score (nSPS) is 11.1. The summed E-state index contributed by atoms with van der Waals surface area (Å²) < 4.78 is 11.8. The molecule has 1 N–H and O–H groups in total. The second-order valence-electron chi connectivity index (χ2n) is 5.41. The fourth-order valence-corrected chi connectivity index (χ4v) is 2.33. The molecule has 4 aromatic heterocycles. The van der Waals surface area contributed by atoms with E-state index >= 15 is 0 Å². The highest BCUT2D eigenvalue weighted by Crippen LogP contribution is 2.18. The molecule has 25 heavy (non-hydrogen) atoms. The van der Waals surface area contributed by atoms with E-state index in [0.29, 0.717) is 28.9 Å². The van der Waals surface area contributed by atoms with Gasteiger partial charge in [-0.1, -0.05) is 10.3 Å². The lowest BCUT2D eigenvalue weighted by Crippen LogP contribution is -2.24. The van der Waals surface area contributed by atoms with Gasteiger partial charge in [0.2, 0.25) is 0 Å². The van der Waals surface area contributed by atoms with Gasteiger partial charge in [-0.25, -0.2) is 0 Å². The van der Waals surface area contributed by atoms with Crippen molar-refractivity contribution in [2.45, 2.75) is 20.4 Å². The van der Waals surface area contributed by atoms with E-state index in [9.17, 15) is 4.79 Å². The number of hydrogen-bond acceptors (Lipinski definition) is 8. The van der Waals surface area contributed by atoms with Gasteiger partial charge in [-0.3, -0.25) is 9.20 Å². The molecule has 1 amide bonds. The zero-order chi connectivity index (χ0) is 17.4. The zero-order valence-electron chi connectivity index (χ0n) is 13.4. The van der Waals surface area contributed by atoms with Crippen molar-refractivity contribution in [1.82, 2.24) is 35.2 Å². The van der Waals surface area contributed by atoms with Gasteiger partial charge >= 0.3 is 0 Å². The Bertz CT molecular complexity index is 1060. The van der Waals surface area contributed by atoms with Crippen LogP contribution in [0.25, 0.3) is 17.1 Å². The molecule has 4 heterocycles. The lowest BCUT2D eigenvalue weighted by molar-refractivity contribution is 0.0940. The van der Waals surface area contributed by atoms with Crippen molar-refractivity contribution in [1.29, 1.82) is 0 Å². The van der Waals surface area contributed by atoms with Crippen molar-refractivity contribution in [3.63, 3.8) is 0 Å². The Morgan fingerprint density at radius 1 is 1.20 bits per heavy atom. The van der Waals surface area contributed by atoms with E-state index in [1.54, 1.807) is 36.6 Å². The van der Waals surface area contributed by atoms with Crippen molar-refractivity contribution in [2.75, 3.05) is 0 Å². The summed E-state index contributed by atoms with van der Waals surface area (Å²) in [5.74, 6) is 1.78. The first-order chi connectivity index (χ1) is 12.1. The molecule has 4 aromatic rings. The summed E-state index contributed by atoms with van der Waals surface area (Å²) in [6, 6.07) is 5.16. The molecular weight excluding hydrogens is 326 g/mol. The number of rotatable bonds is 4. The van der Waals surface area contributed by atoms with Crippen LogP contribution in [0.4, 0.5) is 0 Å². The predicted octanol–water partition coefficient (Wildman–Crippen LogP) is 1.31. The van der Waals surface area contributed by atoms with Gasteiger partial charge < -0.3 is 14.4 Å². The minimum Gasteiger partial charge on any atom is -0.361 e. The van der Waals surface area contributed by atoms with Crippen LogP contribution >= 0.6 is 0 Å². The third-order valence-electron chi connectivity index (χ3n) is 3.52. The number of aryl methyl sites for hydroxylation is 2. The van der Waals surface area contributed by atoms with Crippen LogP contribution in [0.5, 0.6) is 0 Å². The maximum absolute atomic E-state index is 12.0. The second-order valence-corrected chi connectivity index (χ2v) is 5.41. The molecule has 0 saturated heterocycles. The Labute approximate surface area is 140 Å². The third-order valence-corrected chi connectivity index (χ3v) is 3.52. The Morgan fingerprint density at radius 2 is 2.08 bits per heavy atom. The van der Waals surface area contributed by atoms with Gasteiger partial charge in [0.15, 0.2) is 23.0 Å². The Balaban J connectivity index is 1.54. The first kappa shape index (κ1) is 15.0. The lowest BCUT2D eigenvalue weighted by Gasteiger charge is -2.02. The molecular formula is C15H13N7O3. The number of pyridine rings is 1. The Kier molecular flexibility index (Phi) is 3.49. The quantitative estimate of drug-likeness (QED) is 0.590. The molecule has 0 atom stereocenters. The minimum absolute atomic E-state index is 0.199. The van der Waals surface area contributed by atoms with Crippen LogP contribution in [0.15, 0.2) is 33.4 Å². The monoisotopic (exact) mass is 339 g/mol. The fraction of sp³-hybridized carbons (Fsp3) is 0.200. The van der Waals surface area contributed by atoms with Crippen molar-refractivity contribution < 1.29 is 13.8 Å². The largest absolute Gasteiger partial charge is 0.361 e. The first-order valence-corrected chi connectivity index (χ1v) is 7.46. The zero-order valence-corrected chi connectivity index (χ0v) is 13.4. The van der Waals surface area contributed by atoms with Crippen LogP contribution in [-0.4, -0.2) is 35.8 Å². The van der Waals surface area contributed by atoms with Gasteiger partial charge in [-0.2, -0.15) is 4.98 Å². The standard InChI is InChI=1S/C15H13N7O3/c1-8-5-11(21-24-8)14(23)16-7-13-19-18-12-6-10(3-4-22(12)13)15-17-9(2)20-25-15/h3-6H,7H2,1-2H3,(H,16,23). The molecule has 0 aromatic carbocycles. The molecule has 0 aliphatic rings. The summed E-state index contributed by atoms with van der Waals surface area (Å²) in [4.78, 5) is 16.2. The molecule has 10 heteroatoms. The molecule has 0 aliphatic heterocycles. The average Bonchev–Trinajstić information content (AvgIpc) is 3.32. The van der Waals surface area contributed by atoms with Gasteiger partial charge in [0.1, 0.15) is 5.76 Å². The fourth-order valence-electron chi connectivity index (χ4n) is 2.33. The highest BCUT2D eigenvalue weighted by atomic mass is 16.5. The van der Waals surface area contributed by atoms with Crippen molar-refractivity contribution in [2.24, 2.45) is 0 Å². The minimum atomic E-state index is -0.341. The lowest BCUT2D eigenvalue weighted by atomic mass is 10.2. The second kappa shape index (κ2) is 5.82. The third kappa shape index (κ3) is 2.84. The summed E-state index contributed by atoms with van der Waals surface area (Å²) in [7, 11) is 0. The number of carbonyl (C=O) groups is 1. The van der Waals surface area contributed by atoms with E-state index in [1.807, 2.05) is 6.07 Å². The number of amides is 1. The smallest absolute Gasteiger partial charge is 0.273 e. The van der Waals surface area contributed by atoms with Gasteiger partial charge in [0.05, 0.1) is 6.54 Å².